The minimum Gasteiger partial charge on any atom is -0.268 e. The lowest BCUT2D eigenvalue weighted by Crippen LogP contribution is -1.98. The number of H-pyrrole nitrogens is 1. The predicted octanol–water partition coefficient (Wildman–Crippen LogP) is 3.87. The average molecular weight is 294 g/mol. The lowest BCUT2D eigenvalue weighted by atomic mass is 10.1. The van der Waals surface area contributed by atoms with Crippen LogP contribution in [0.3, 0.4) is 0 Å². The maximum Gasteiger partial charge on any atom is 0.200 e. The summed E-state index contributed by atoms with van der Waals surface area (Å²) in [5.41, 5.74) is 3.44. The molecule has 104 valence electrons. The van der Waals surface area contributed by atoms with Gasteiger partial charge in [0.1, 0.15) is 0 Å². The molecule has 0 radical (unpaired) electrons. The van der Waals surface area contributed by atoms with E-state index in [0.29, 0.717) is 4.77 Å². The minimum atomic E-state index is 0.598. The van der Waals surface area contributed by atoms with E-state index in [1.807, 2.05) is 16.7 Å². The molecule has 0 aliphatic heterocycles. The highest BCUT2D eigenvalue weighted by molar-refractivity contribution is 7.71. The first-order valence-corrected chi connectivity index (χ1v) is 7.42. The molecule has 1 aliphatic carbocycles. The first-order valence-electron chi connectivity index (χ1n) is 7.01. The molecule has 0 spiro atoms. The van der Waals surface area contributed by atoms with Crippen molar-refractivity contribution in [1.82, 2.24) is 19.7 Å². The van der Waals surface area contributed by atoms with E-state index in [0.717, 1.165) is 23.0 Å². The number of hydrogen-bond acceptors (Lipinski definition) is 3. The molecule has 21 heavy (non-hydrogen) atoms. The summed E-state index contributed by atoms with van der Waals surface area (Å²) in [6.07, 6.45) is 6.14. The zero-order valence-electron chi connectivity index (χ0n) is 11.4. The maximum atomic E-state index is 5.38. The molecule has 0 bridgehead atoms. The fourth-order valence-corrected chi connectivity index (χ4v) is 2.78. The molecule has 1 N–H and O–H groups in total. The molecule has 5 heteroatoms. The molecule has 1 aromatic carbocycles. The smallest absolute Gasteiger partial charge is 0.200 e. The van der Waals surface area contributed by atoms with Gasteiger partial charge in [-0.25, -0.2) is 0 Å². The summed E-state index contributed by atoms with van der Waals surface area (Å²) >= 11 is 5.38. The van der Waals surface area contributed by atoms with Crippen molar-refractivity contribution in [2.75, 3.05) is 0 Å². The van der Waals surface area contributed by atoms with Crippen LogP contribution < -0.4 is 0 Å². The van der Waals surface area contributed by atoms with Crippen molar-refractivity contribution in [3.05, 3.63) is 59.1 Å². The molecular weight excluding hydrogens is 280 g/mol. The van der Waals surface area contributed by atoms with Gasteiger partial charge in [0.2, 0.25) is 0 Å². The van der Waals surface area contributed by atoms with Crippen LogP contribution in [0, 0.1) is 4.77 Å². The lowest BCUT2D eigenvalue weighted by molar-refractivity contribution is 1.03. The van der Waals surface area contributed by atoms with Gasteiger partial charge in [-0.1, -0.05) is 12.1 Å². The molecule has 1 fully saturated rings. The monoisotopic (exact) mass is 294 g/mol. The van der Waals surface area contributed by atoms with Crippen molar-refractivity contribution in [3.63, 3.8) is 0 Å². The molecule has 0 unspecified atom stereocenters. The van der Waals surface area contributed by atoms with Crippen molar-refractivity contribution >= 4 is 12.2 Å². The van der Waals surface area contributed by atoms with Crippen molar-refractivity contribution in [3.8, 4) is 17.1 Å². The third kappa shape index (κ3) is 2.29. The van der Waals surface area contributed by atoms with Gasteiger partial charge in [-0.3, -0.25) is 14.6 Å². The summed E-state index contributed by atoms with van der Waals surface area (Å²) in [6, 6.07) is 12.5. The van der Waals surface area contributed by atoms with Crippen LogP contribution in [0.4, 0.5) is 0 Å². The third-order valence-electron chi connectivity index (χ3n) is 3.81. The minimum absolute atomic E-state index is 0.598. The predicted molar refractivity (Wildman–Crippen MR) is 84.0 cm³/mol. The Labute approximate surface area is 127 Å². The molecule has 4 rings (SSSR count). The molecule has 0 atom stereocenters. The average Bonchev–Trinajstić information content (AvgIpc) is 3.31. The Balaban J connectivity index is 1.81. The Kier molecular flexibility index (Phi) is 2.93. The van der Waals surface area contributed by atoms with Gasteiger partial charge >= 0.3 is 0 Å². The van der Waals surface area contributed by atoms with Crippen molar-refractivity contribution in [1.29, 1.82) is 0 Å². The van der Waals surface area contributed by atoms with Crippen molar-refractivity contribution < 1.29 is 0 Å². The van der Waals surface area contributed by atoms with Gasteiger partial charge in [0.15, 0.2) is 10.6 Å². The molecule has 1 aliphatic rings. The van der Waals surface area contributed by atoms with E-state index >= 15 is 0 Å². The van der Waals surface area contributed by atoms with Crippen LogP contribution in [0.2, 0.25) is 0 Å². The summed E-state index contributed by atoms with van der Waals surface area (Å²) < 4.78 is 2.56. The molecule has 0 amide bonds. The second-order valence-electron chi connectivity index (χ2n) is 5.29. The van der Waals surface area contributed by atoms with Gasteiger partial charge in [0.25, 0.3) is 0 Å². The Hall–Kier alpha value is -2.27. The normalized spacial score (nSPS) is 14.3. The van der Waals surface area contributed by atoms with Gasteiger partial charge in [-0.05, 0) is 60.8 Å². The second kappa shape index (κ2) is 4.93. The molecule has 3 aromatic rings. The Morgan fingerprint density at radius 3 is 2.43 bits per heavy atom. The molecule has 2 heterocycles. The van der Waals surface area contributed by atoms with Gasteiger partial charge in [-0.15, -0.1) is 0 Å². The number of hydrogen-bond donors (Lipinski definition) is 1. The van der Waals surface area contributed by atoms with Crippen molar-refractivity contribution in [2.24, 2.45) is 0 Å². The van der Waals surface area contributed by atoms with Crippen LogP contribution in [0.1, 0.15) is 24.3 Å². The van der Waals surface area contributed by atoms with Crippen LogP contribution in [0.5, 0.6) is 0 Å². The fraction of sp³-hybridized carbons (Fsp3) is 0.188. The van der Waals surface area contributed by atoms with E-state index in [-0.39, 0.29) is 0 Å². The van der Waals surface area contributed by atoms with E-state index in [1.165, 1.54) is 18.4 Å². The van der Waals surface area contributed by atoms with Crippen LogP contribution in [-0.2, 0) is 0 Å². The first kappa shape index (κ1) is 12.5. The first-order chi connectivity index (χ1) is 10.3. The van der Waals surface area contributed by atoms with Gasteiger partial charge < -0.3 is 0 Å². The van der Waals surface area contributed by atoms with Gasteiger partial charge in [-0.2, -0.15) is 5.10 Å². The van der Waals surface area contributed by atoms with E-state index in [1.54, 1.807) is 12.4 Å². The third-order valence-corrected chi connectivity index (χ3v) is 4.08. The maximum absolute atomic E-state index is 5.38. The Bertz CT molecular complexity index is 813. The summed E-state index contributed by atoms with van der Waals surface area (Å²) in [5, 5.41) is 7.23. The van der Waals surface area contributed by atoms with E-state index in [4.69, 9.17) is 12.2 Å². The van der Waals surface area contributed by atoms with E-state index in [2.05, 4.69) is 39.4 Å². The number of aromatic amines is 1. The fourth-order valence-electron chi connectivity index (χ4n) is 2.54. The highest BCUT2D eigenvalue weighted by atomic mass is 32.1. The largest absolute Gasteiger partial charge is 0.268 e. The number of nitrogens with zero attached hydrogens (tertiary/aromatic N) is 3. The molecule has 1 saturated carbocycles. The van der Waals surface area contributed by atoms with Crippen LogP contribution in [0.15, 0.2) is 48.8 Å². The number of nitrogens with one attached hydrogen (secondary N) is 1. The Morgan fingerprint density at radius 2 is 1.76 bits per heavy atom. The zero-order valence-corrected chi connectivity index (χ0v) is 12.2. The van der Waals surface area contributed by atoms with Crippen molar-refractivity contribution in [2.45, 2.75) is 18.8 Å². The number of aromatic nitrogens is 4. The molecule has 0 saturated heterocycles. The number of benzene rings is 1. The second-order valence-corrected chi connectivity index (χ2v) is 5.68. The highest BCUT2D eigenvalue weighted by Crippen LogP contribution is 2.40. The summed E-state index contributed by atoms with van der Waals surface area (Å²) in [6.45, 7) is 0. The highest BCUT2D eigenvalue weighted by Gasteiger charge is 2.23. The van der Waals surface area contributed by atoms with Gasteiger partial charge in [0.05, 0.1) is 0 Å². The number of rotatable bonds is 3. The van der Waals surface area contributed by atoms with Crippen LogP contribution in [0.25, 0.3) is 17.1 Å². The zero-order chi connectivity index (χ0) is 14.2. The summed E-state index contributed by atoms with van der Waals surface area (Å²) in [4.78, 5) is 4.04. The number of pyridine rings is 1. The molecule has 4 nitrogen and oxygen atoms in total. The van der Waals surface area contributed by atoms with Gasteiger partial charge in [0, 0.05) is 23.6 Å². The SMILES string of the molecule is S=c1[nH]nc(-c2ccncc2)n1-c1ccc(C2CC2)cc1. The van der Waals surface area contributed by atoms with E-state index < -0.39 is 0 Å². The quantitative estimate of drug-likeness (QED) is 0.746. The standard InChI is InChI=1S/C16H14N4S/c21-16-19-18-15(13-7-9-17-10-8-13)20(16)14-5-3-12(4-6-14)11-1-2-11/h3-11H,1-2H2,(H,19,21). The summed E-state index contributed by atoms with van der Waals surface area (Å²) in [5.74, 6) is 1.57. The molecule has 2 aromatic heterocycles. The van der Waals surface area contributed by atoms with E-state index in [9.17, 15) is 0 Å². The van der Waals surface area contributed by atoms with Crippen LogP contribution in [-0.4, -0.2) is 19.7 Å². The van der Waals surface area contributed by atoms with Crippen LogP contribution >= 0.6 is 12.2 Å². The molecular formula is C16H14N4S. The lowest BCUT2D eigenvalue weighted by Gasteiger charge is -2.07. The Morgan fingerprint density at radius 1 is 1.05 bits per heavy atom. The topological polar surface area (TPSA) is 46.5 Å². The summed E-state index contributed by atoms with van der Waals surface area (Å²) in [7, 11) is 0.